The maximum atomic E-state index is 11.5. The monoisotopic (exact) mass is 1210 g/mol. The Labute approximate surface area is 553 Å². The minimum absolute atomic E-state index is 0. The van der Waals surface area contributed by atoms with Gasteiger partial charge in [0.1, 0.15) is 17.2 Å². The van der Waals surface area contributed by atoms with Gasteiger partial charge in [-0.25, -0.2) is 0 Å². The van der Waals surface area contributed by atoms with E-state index in [-0.39, 0.29) is 60.4 Å². The van der Waals surface area contributed by atoms with Crippen molar-refractivity contribution in [2.75, 3.05) is 20.0 Å². The van der Waals surface area contributed by atoms with Crippen molar-refractivity contribution in [2.45, 2.75) is 158 Å². The van der Waals surface area contributed by atoms with Crippen LogP contribution < -0.4 is 44.8 Å². The van der Waals surface area contributed by atoms with Crippen molar-refractivity contribution in [3.05, 3.63) is 241 Å². The summed E-state index contributed by atoms with van der Waals surface area (Å²) in [4.78, 5) is 44.7. The number of aliphatic carboxylic acids is 1. The molecular weight excluding hydrogens is 1120 g/mol. The number of carboxylic acids is 1. The van der Waals surface area contributed by atoms with Crippen LogP contribution in [-0.2, 0) is 49.7 Å². The standard InChI is InChI=1S/2C11H12O2.C11H12O.2C11H12.C10H13NO2.C10H10O.C2H6.CH4.Na.H2O/c1-13-11-7-3-4-8-9(11)5-2-6-10(8)12;1-13-9-6-5-8-3-2-4-11(12)10(8)7-9;1-8-5-6-9-3-2-4-11(12)10(9)7-8;2*1-9-5-4-7-10-6-2-3-8-11(9)10;11-9-6-4-8(5-7-9)2-1-3-10(12)13;11-10-7-3-5-8-4-1-2-6-9(8)10;1-2;;;/h3-4,7H,2,5-6H2,1H3;5-7H,2-4H2,1H3;5-7H,2-4H2,1H3;2*2,4-7H,3,8H2,1H3;4-7H,1-3,11H2,(H,12,13);1,3-5,7,11H,2,6H2;1-2H3;1H4;;1H2/q;;;;;;;;;+1;/p-1. The summed E-state index contributed by atoms with van der Waals surface area (Å²) in [5.74, 6) is 2.14. The van der Waals surface area contributed by atoms with Crippen molar-refractivity contribution in [1.29, 1.82) is 0 Å². The fourth-order valence-corrected chi connectivity index (χ4v) is 11.2. The van der Waals surface area contributed by atoms with E-state index in [1.807, 2.05) is 99.6 Å². The van der Waals surface area contributed by atoms with Gasteiger partial charge in [-0.3, -0.25) is 19.2 Å². The van der Waals surface area contributed by atoms with Crippen LogP contribution in [0.2, 0.25) is 0 Å². The summed E-state index contributed by atoms with van der Waals surface area (Å²) >= 11 is 0. The molecular formula is C78H94NNaO9. The molecule has 466 valence electrons. The van der Waals surface area contributed by atoms with Crippen molar-refractivity contribution in [1.82, 2.24) is 0 Å². The number of hydrogen-bond donors (Lipinski definition) is 3. The number of nitrogen functional groups attached to an aromatic ring is 1. The van der Waals surface area contributed by atoms with Gasteiger partial charge in [0, 0.05) is 59.2 Å². The topological polar surface area (TPSA) is 183 Å². The number of phenols is 1. The number of anilines is 1. The van der Waals surface area contributed by atoms with E-state index in [0.29, 0.717) is 30.8 Å². The van der Waals surface area contributed by atoms with Gasteiger partial charge in [-0.1, -0.05) is 154 Å². The first kappa shape index (κ1) is 75.6. The van der Waals surface area contributed by atoms with Crippen molar-refractivity contribution < 1.29 is 73.9 Å². The first-order valence-corrected chi connectivity index (χ1v) is 30.8. The number of methoxy groups -OCH3 is 2. The molecule has 0 aromatic heterocycles. The quantitative estimate of drug-likeness (QED) is 0.107. The van der Waals surface area contributed by atoms with Crippen LogP contribution in [0.1, 0.15) is 195 Å². The normalized spacial score (nSPS) is 13.5. The summed E-state index contributed by atoms with van der Waals surface area (Å²) in [5, 5.41) is 17.8. The maximum Gasteiger partial charge on any atom is 1.00 e. The van der Waals surface area contributed by atoms with Gasteiger partial charge in [0.25, 0.3) is 0 Å². The van der Waals surface area contributed by atoms with Gasteiger partial charge < -0.3 is 30.9 Å². The Balaban J connectivity index is 0.000000269. The summed E-state index contributed by atoms with van der Waals surface area (Å²) in [7, 11) is 3.27. The zero-order valence-electron chi connectivity index (χ0n) is 53.3. The fourth-order valence-electron chi connectivity index (χ4n) is 11.2. The van der Waals surface area contributed by atoms with Crippen molar-refractivity contribution in [3.63, 3.8) is 0 Å². The van der Waals surface area contributed by atoms with Crippen LogP contribution in [-0.4, -0.2) is 53.2 Å². The van der Waals surface area contributed by atoms with Crippen LogP contribution in [0.5, 0.6) is 17.2 Å². The molecule has 0 radical (unpaired) electrons. The van der Waals surface area contributed by atoms with Crippen molar-refractivity contribution in [2.24, 2.45) is 0 Å². The molecule has 6 aliphatic rings. The van der Waals surface area contributed by atoms with E-state index >= 15 is 0 Å². The third kappa shape index (κ3) is 23.4. The molecule has 13 rings (SSSR count). The van der Waals surface area contributed by atoms with Crippen LogP contribution in [0, 0.1) is 20.8 Å². The summed E-state index contributed by atoms with van der Waals surface area (Å²) in [5.41, 5.74) is 25.7. The summed E-state index contributed by atoms with van der Waals surface area (Å²) in [6.07, 6.45) is 29.8. The van der Waals surface area contributed by atoms with E-state index in [4.69, 9.17) is 20.3 Å². The van der Waals surface area contributed by atoms with Crippen molar-refractivity contribution in [3.8, 4) is 17.2 Å². The molecule has 0 unspecified atom stereocenters. The number of benzene rings is 7. The van der Waals surface area contributed by atoms with Gasteiger partial charge in [0.15, 0.2) is 17.3 Å². The number of carbonyl (C=O) groups excluding carboxylic acids is 3. The van der Waals surface area contributed by atoms with E-state index in [9.17, 15) is 24.3 Å². The molecule has 0 saturated carbocycles. The number of rotatable bonds is 6. The number of ketones is 3. The molecule has 10 nitrogen and oxygen atoms in total. The molecule has 5 N–H and O–H groups in total. The SMILES string of the molecule is C.CC.COc1ccc2c(c1)C(=O)CCC2.COc1cccc2c1CCCC2=O.Cc1ccc2c(c1)C(=O)CCC2.Cc1cccc2c1CCC=C2.Cc1cccc2c1CCC=C2.Nc1ccc(CCCC(=O)O)cc1.Oc1cccc2c1CCC=C2.[Na+].[OH-]. The Hall–Kier alpha value is -7.60. The predicted octanol–water partition coefficient (Wildman–Crippen LogP) is 15.4. The Bertz CT molecular complexity index is 3320. The molecule has 0 saturated heterocycles. The zero-order chi connectivity index (χ0) is 61.8. The fraction of sp³-hybridized carbons (Fsp3) is 0.333. The first-order valence-electron chi connectivity index (χ1n) is 30.8. The molecule has 0 heterocycles. The van der Waals surface area contributed by atoms with Gasteiger partial charge in [0.2, 0.25) is 0 Å². The number of nitrogens with two attached hydrogens (primary N) is 1. The van der Waals surface area contributed by atoms with Gasteiger partial charge in [0.05, 0.1) is 14.2 Å². The van der Waals surface area contributed by atoms with E-state index in [1.165, 1.54) is 70.2 Å². The summed E-state index contributed by atoms with van der Waals surface area (Å²) in [6, 6.07) is 43.8. The third-order valence-corrected chi connectivity index (χ3v) is 15.9. The largest absolute Gasteiger partial charge is 1.00 e. The number of Topliss-reactive ketones (excluding diaryl/α,β-unsaturated/α-hetero) is 3. The molecule has 89 heavy (non-hydrogen) atoms. The molecule has 7 aromatic carbocycles. The molecule has 7 aromatic rings. The molecule has 0 bridgehead atoms. The van der Waals surface area contributed by atoms with Gasteiger partial charge in [-0.05, 0) is 209 Å². The van der Waals surface area contributed by atoms with Crippen LogP contribution in [0.3, 0.4) is 0 Å². The number of aromatic hydroxyl groups is 1. The molecule has 11 heteroatoms. The Morgan fingerprint density at radius 1 is 0.517 bits per heavy atom. The van der Waals surface area contributed by atoms with Crippen LogP contribution >= 0.6 is 0 Å². The van der Waals surface area contributed by atoms with Gasteiger partial charge in [-0.2, -0.15) is 0 Å². The van der Waals surface area contributed by atoms with E-state index in [0.717, 1.165) is 126 Å². The number of hydrogen-bond acceptors (Lipinski definition) is 9. The molecule has 0 amide bonds. The Kier molecular flexibility index (Phi) is 34.1. The number of fused-ring (bicyclic) bond motifs is 6. The molecule has 0 spiro atoms. The predicted molar refractivity (Wildman–Crippen MR) is 363 cm³/mol. The van der Waals surface area contributed by atoms with E-state index in [1.54, 1.807) is 20.3 Å². The molecule has 0 fully saturated rings. The minimum atomic E-state index is -0.740. The zero-order valence-corrected chi connectivity index (χ0v) is 55.3. The van der Waals surface area contributed by atoms with Crippen LogP contribution in [0.25, 0.3) is 18.2 Å². The molecule has 0 aliphatic heterocycles. The van der Waals surface area contributed by atoms with Crippen LogP contribution in [0.15, 0.2) is 152 Å². The number of carboxylic acid groups (broad SMARTS) is 1. The van der Waals surface area contributed by atoms with Crippen LogP contribution in [0.4, 0.5) is 5.69 Å². The Morgan fingerprint density at radius 2 is 0.989 bits per heavy atom. The maximum absolute atomic E-state index is 11.5. The second-order valence-corrected chi connectivity index (χ2v) is 21.9. The average molecular weight is 1210 g/mol. The number of carbonyl (C=O) groups is 4. The first-order chi connectivity index (χ1) is 41.7. The number of aryl methyl sites for hydroxylation is 6. The summed E-state index contributed by atoms with van der Waals surface area (Å²) in [6.45, 7) is 10.4. The molecule has 0 atom stereocenters. The number of allylic oxidation sites excluding steroid dienone is 3. The average Bonchev–Trinajstić information content (AvgIpc) is 2.13. The number of ether oxygens (including phenoxy) is 2. The van der Waals surface area contributed by atoms with E-state index < -0.39 is 5.97 Å². The van der Waals surface area contributed by atoms with Gasteiger partial charge >= 0.3 is 35.5 Å². The van der Waals surface area contributed by atoms with Crippen molar-refractivity contribution >= 4 is 47.2 Å². The number of phenolic OH excluding ortho intramolecular Hbond substituents is 1. The van der Waals surface area contributed by atoms with Gasteiger partial charge in [-0.15, -0.1) is 0 Å². The second kappa shape index (κ2) is 40.1. The smallest absolute Gasteiger partial charge is 0.870 e. The van der Waals surface area contributed by atoms with E-state index in [2.05, 4.69) is 98.8 Å². The Morgan fingerprint density at radius 3 is 1.49 bits per heavy atom. The summed E-state index contributed by atoms with van der Waals surface area (Å²) < 4.78 is 10.3. The molecule has 6 aliphatic carbocycles. The third-order valence-electron chi connectivity index (χ3n) is 15.9. The second-order valence-electron chi connectivity index (χ2n) is 21.9. The minimum Gasteiger partial charge on any atom is -0.870 e.